The molecule has 0 heterocycles. The summed E-state index contributed by atoms with van der Waals surface area (Å²) in [6.45, 7) is 1.84. The van der Waals surface area contributed by atoms with E-state index in [9.17, 15) is 4.79 Å². The molecular weight excluding hydrogens is 300 g/mol. The number of benzene rings is 1. The molecule has 1 aromatic carbocycles. The van der Waals surface area contributed by atoms with E-state index in [1.807, 2.05) is 6.92 Å². The van der Waals surface area contributed by atoms with Gasteiger partial charge in [-0.3, -0.25) is 4.79 Å². The van der Waals surface area contributed by atoms with Crippen molar-refractivity contribution in [2.75, 3.05) is 5.32 Å². The fourth-order valence-electron chi connectivity index (χ4n) is 0.775. The van der Waals surface area contributed by atoms with Gasteiger partial charge in [-0.05, 0) is 31.2 Å². The van der Waals surface area contributed by atoms with Crippen LogP contribution < -0.4 is 5.32 Å². The fourth-order valence-corrected chi connectivity index (χ4v) is 1.06. The van der Waals surface area contributed by atoms with Crippen LogP contribution in [0, 0.1) is 0 Å². The summed E-state index contributed by atoms with van der Waals surface area (Å²) < 4.78 is -0.0340. The standard InChI is InChI=1S/C9H9ClINO/c1-6(11)9(13)12-8-4-2-7(10)3-5-8/h2-6H,1H3,(H,12,13)/t6-/m0/s1. The first-order valence-corrected chi connectivity index (χ1v) is 5.42. The summed E-state index contributed by atoms with van der Waals surface area (Å²) in [6.07, 6.45) is 0. The maximum absolute atomic E-state index is 11.2. The number of anilines is 1. The van der Waals surface area contributed by atoms with E-state index in [2.05, 4.69) is 27.9 Å². The third-order valence-corrected chi connectivity index (χ3v) is 2.29. The molecule has 1 rings (SSSR count). The maximum Gasteiger partial charge on any atom is 0.237 e. The van der Waals surface area contributed by atoms with Gasteiger partial charge in [0.25, 0.3) is 0 Å². The second-order valence-electron chi connectivity index (χ2n) is 2.61. The van der Waals surface area contributed by atoms with Crippen molar-refractivity contribution < 1.29 is 4.79 Å². The van der Waals surface area contributed by atoms with Crippen molar-refractivity contribution in [3.05, 3.63) is 29.3 Å². The van der Waals surface area contributed by atoms with Gasteiger partial charge in [0, 0.05) is 10.7 Å². The molecular formula is C9H9ClINO. The number of amides is 1. The molecule has 0 aromatic heterocycles. The van der Waals surface area contributed by atoms with Crippen LogP contribution in [0.5, 0.6) is 0 Å². The van der Waals surface area contributed by atoms with E-state index in [0.717, 1.165) is 5.69 Å². The van der Waals surface area contributed by atoms with E-state index in [0.29, 0.717) is 5.02 Å². The first kappa shape index (κ1) is 10.8. The topological polar surface area (TPSA) is 29.1 Å². The van der Waals surface area contributed by atoms with Crippen LogP contribution in [0.2, 0.25) is 5.02 Å². The molecule has 70 valence electrons. The summed E-state index contributed by atoms with van der Waals surface area (Å²) in [5, 5.41) is 3.43. The van der Waals surface area contributed by atoms with Gasteiger partial charge in [-0.1, -0.05) is 34.2 Å². The molecule has 13 heavy (non-hydrogen) atoms. The van der Waals surface area contributed by atoms with Crippen molar-refractivity contribution in [2.45, 2.75) is 10.8 Å². The SMILES string of the molecule is C[C@H](I)C(=O)Nc1ccc(Cl)cc1. The highest BCUT2D eigenvalue weighted by Gasteiger charge is 2.07. The highest BCUT2D eigenvalue weighted by molar-refractivity contribution is 14.1. The third-order valence-electron chi connectivity index (χ3n) is 1.47. The summed E-state index contributed by atoms with van der Waals surface area (Å²) in [7, 11) is 0. The molecule has 0 aliphatic rings. The van der Waals surface area contributed by atoms with E-state index in [1.165, 1.54) is 0 Å². The quantitative estimate of drug-likeness (QED) is 0.660. The Balaban J connectivity index is 2.65. The van der Waals surface area contributed by atoms with Gasteiger partial charge in [-0.15, -0.1) is 0 Å². The molecule has 0 unspecified atom stereocenters. The molecule has 0 aliphatic heterocycles. The number of hydrogen-bond donors (Lipinski definition) is 1. The fraction of sp³-hybridized carbons (Fsp3) is 0.222. The molecule has 0 radical (unpaired) electrons. The normalized spacial score (nSPS) is 12.2. The lowest BCUT2D eigenvalue weighted by atomic mass is 10.3. The minimum Gasteiger partial charge on any atom is -0.325 e. The van der Waals surface area contributed by atoms with Gasteiger partial charge in [0.2, 0.25) is 5.91 Å². The first-order valence-electron chi connectivity index (χ1n) is 3.80. The van der Waals surface area contributed by atoms with Crippen molar-refractivity contribution >= 4 is 45.8 Å². The molecule has 0 bridgehead atoms. The molecule has 0 saturated heterocycles. The number of nitrogens with one attached hydrogen (secondary N) is 1. The molecule has 1 aromatic rings. The van der Waals surface area contributed by atoms with Gasteiger partial charge in [-0.25, -0.2) is 0 Å². The van der Waals surface area contributed by atoms with Crippen molar-refractivity contribution in [1.29, 1.82) is 0 Å². The van der Waals surface area contributed by atoms with Crippen molar-refractivity contribution in [3.63, 3.8) is 0 Å². The van der Waals surface area contributed by atoms with Crippen molar-refractivity contribution in [1.82, 2.24) is 0 Å². The van der Waals surface area contributed by atoms with E-state index in [4.69, 9.17) is 11.6 Å². The second-order valence-corrected chi connectivity index (χ2v) is 4.92. The average Bonchev–Trinajstić information content (AvgIpc) is 2.08. The van der Waals surface area contributed by atoms with Crippen LogP contribution in [-0.2, 0) is 4.79 Å². The lowest BCUT2D eigenvalue weighted by molar-refractivity contribution is -0.115. The second kappa shape index (κ2) is 4.81. The lowest BCUT2D eigenvalue weighted by Gasteiger charge is -2.05. The number of halogens is 2. The maximum atomic E-state index is 11.2. The zero-order valence-electron chi connectivity index (χ0n) is 7.05. The Kier molecular flexibility index (Phi) is 3.99. The molecule has 0 spiro atoms. The highest BCUT2D eigenvalue weighted by Crippen LogP contribution is 2.14. The molecule has 1 atom stereocenters. The Hall–Kier alpha value is -0.290. The Morgan fingerprint density at radius 3 is 2.46 bits per heavy atom. The van der Waals surface area contributed by atoms with E-state index in [-0.39, 0.29) is 9.83 Å². The lowest BCUT2D eigenvalue weighted by Crippen LogP contribution is -2.19. The number of hydrogen-bond acceptors (Lipinski definition) is 1. The molecule has 1 N–H and O–H groups in total. The molecule has 0 saturated carbocycles. The first-order chi connectivity index (χ1) is 6.09. The molecule has 2 nitrogen and oxygen atoms in total. The van der Waals surface area contributed by atoms with E-state index < -0.39 is 0 Å². The Morgan fingerprint density at radius 1 is 1.46 bits per heavy atom. The van der Waals surface area contributed by atoms with Gasteiger partial charge < -0.3 is 5.32 Å². The zero-order valence-corrected chi connectivity index (χ0v) is 9.96. The molecule has 0 aliphatic carbocycles. The number of rotatable bonds is 2. The zero-order chi connectivity index (χ0) is 9.84. The summed E-state index contributed by atoms with van der Waals surface area (Å²) in [5.74, 6) is 0.00271. The number of alkyl halides is 1. The predicted octanol–water partition coefficient (Wildman–Crippen LogP) is 3.10. The van der Waals surface area contributed by atoms with Gasteiger partial charge in [-0.2, -0.15) is 0 Å². The highest BCUT2D eigenvalue weighted by atomic mass is 127. The van der Waals surface area contributed by atoms with Crippen LogP contribution in [0.3, 0.4) is 0 Å². The van der Waals surface area contributed by atoms with Crippen LogP contribution in [0.1, 0.15) is 6.92 Å². The Bertz CT molecular complexity index is 297. The van der Waals surface area contributed by atoms with Crippen LogP contribution >= 0.6 is 34.2 Å². The molecule has 4 heteroatoms. The van der Waals surface area contributed by atoms with Crippen LogP contribution in [-0.4, -0.2) is 9.83 Å². The Morgan fingerprint density at radius 2 is 2.00 bits per heavy atom. The van der Waals surface area contributed by atoms with Crippen molar-refractivity contribution in [3.8, 4) is 0 Å². The van der Waals surface area contributed by atoms with E-state index >= 15 is 0 Å². The van der Waals surface area contributed by atoms with Crippen molar-refractivity contribution in [2.24, 2.45) is 0 Å². The summed E-state index contributed by atoms with van der Waals surface area (Å²) in [6, 6.07) is 7.04. The molecule has 0 fully saturated rings. The molecule has 1 amide bonds. The van der Waals surface area contributed by atoms with Gasteiger partial charge in [0.15, 0.2) is 0 Å². The number of carbonyl (C=O) groups excluding carboxylic acids is 1. The third kappa shape index (κ3) is 3.52. The van der Waals surface area contributed by atoms with E-state index in [1.54, 1.807) is 24.3 Å². The Labute approximate surface area is 95.8 Å². The predicted molar refractivity (Wildman–Crippen MR) is 63.6 cm³/mol. The number of carbonyl (C=O) groups is 1. The van der Waals surface area contributed by atoms with Crippen LogP contribution in [0.4, 0.5) is 5.69 Å². The largest absolute Gasteiger partial charge is 0.325 e. The summed E-state index contributed by atoms with van der Waals surface area (Å²) in [4.78, 5) is 11.2. The average molecular weight is 310 g/mol. The monoisotopic (exact) mass is 309 g/mol. The minimum atomic E-state index is -0.0340. The van der Waals surface area contributed by atoms with Crippen LogP contribution in [0.15, 0.2) is 24.3 Å². The smallest absolute Gasteiger partial charge is 0.237 e. The van der Waals surface area contributed by atoms with Crippen LogP contribution in [0.25, 0.3) is 0 Å². The van der Waals surface area contributed by atoms with Gasteiger partial charge >= 0.3 is 0 Å². The van der Waals surface area contributed by atoms with Gasteiger partial charge in [0.05, 0.1) is 3.92 Å². The summed E-state index contributed by atoms with van der Waals surface area (Å²) >= 11 is 7.76. The minimum absolute atomic E-state index is 0.00271. The summed E-state index contributed by atoms with van der Waals surface area (Å²) in [5.41, 5.74) is 0.776. The van der Waals surface area contributed by atoms with Gasteiger partial charge in [0.1, 0.15) is 0 Å².